The third-order valence-electron chi connectivity index (χ3n) is 5.64. The van der Waals surface area contributed by atoms with Crippen molar-refractivity contribution in [2.75, 3.05) is 18.6 Å². The Labute approximate surface area is 177 Å². The molecule has 5 heteroatoms. The van der Waals surface area contributed by atoms with E-state index in [-0.39, 0.29) is 12.3 Å². The van der Waals surface area contributed by atoms with Crippen LogP contribution < -0.4 is 9.64 Å². The van der Waals surface area contributed by atoms with Crippen LogP contribution in [0.2, 0.25) is 0 Å². The van der Waals surface area contributed by atoms with Gasteiger partial charge in [-0.25, -0.2) is 4.98 Å². The minimum Gasteiger partial charge on any atom is -0.493 e. The normalized spacial score (nSPS) is 14.9. The molecule has 1 atom stereocenters. The summed E-state index contributed by atoms with van der Waals surface area (Å²) in [5, 5.41) is 9.06. The van der Waals surface area contributed by atoms with E-state index in [1.165, 1.54) is 5.56 Å². The zero-order valence-corrected chi connectivity index (χ0v) is 17.1. The second-order valence-electron chi connectivity index (χ2n) is 7.67. The van der Waals surface area contributed by atoms with E-state index in [1.54, 1.807) is 0 Å². The van der Waals surface area contributed by atoms with Crippen LogP contribution in [0.4, 0.5) is 11.5 Å². The molecule has 0 radical (unpaired) electrons. The van der Waals surface area contributed by atoms with Gasteiger partial charge in [0.25, 0.3) is 0 Å². The Kier molecular flexibility index (Phi) is 5.98. The van der Waals surface area contributed by atoms with Gasteiger partial charge in [0, 0.05) is 24.8 Å². The molecule has 154 valence electrons. The molecule has 1 N–H and O–H groups in total. The number of anilines is 2. The first-order chi connectivity index (χ1) is 14.6. The van der Waals surface area contributed by atoms with Crippen LogP contribution in [0.25, 0.3) is 0 Å². The van der Waals surface area contributed by atoms with Crippen LogP contribution in [0.15, 0.2) is 66.7 Å². The number of fused-ring (bicyclic) bond motifs is 1. The van der Waals surface area contributed by atoms with Gasteiger partial charge in [-0.15, -0.1) is 0 Å². The van der Waals surface area contributed by atoms with Crippen LogP contribution in [-0.2, 0) is 17.6 Å². The average molecular weight is 402 g/mol. The number of carbonyl (C=O) groups is 1. The Morgan fingerprint density at radius 2 is 1.97 bits per heavy atom. The summed E-state index contributed by atoms with van der Waals surface area (Å²) in [7, 11) is 2.01. The fraction of sp³-hybridized carbons (Fsp3) is 0.280. The van der Waals surface area contributed by atoms with E-state index in [0.29, 0.717) is 6.61 Å². The molecule has 0 saturated carbocycles. The van der Waals surface area contributed by atoms with E-state index >= 15 is 0 Å². The lowest BCUT2D eigenvalue weighted by atomic mass is 9.98. The average Bonchev–Trinajstić information content (AvgIpc) is 3.15. The summed E-state index contributed by atoms with van der Waals surface area (Å²) in [5.41, 5.74) is 4.45. The Morgan fingerprint density at radius 1 is 1.13 bits per heavy atom. The zero-order chi connectivity index (χ0) is 20.9. The van der Waals surface area contributed by atoms with Crippen molar-refractivity contribution in [1.29, 1.82) is 0 Å². The van der Waals surface area contributed by atoms with E-state index in [1.807, 2.05) is 55.6 Å². The standard InChI is InChI=1S/C25H26N2O3/c1-27(21-7-3-2-4-8-21)24-9-5-6-20(26-24)14-15-30-22-12-13-23-18(16-22)10-11-19(23)17-25(28)29/h2-9,12-13,16,19H,10-11,14-15,17H2,1H3,(H,28,29)/t19-/m0/s1. The molecule has 0 fully saturated rings. The van der Waals surface area contributed by atoms with Gasteiger partial charge in [-0.3, -0.25) is 4.79 Å². The quantitative estimate of drug-likeness (QED) is 0.576. The monoisotopic (exact) mass is 402 g/mol. The van der Waals surface area contributed by atoms with Crippen molar-refractivity contribution in [2.24, 2.45) is 0 Å². The number of aliphatic carboxylic acids is 1. The highest BCUT2D eigenvalue weighted by Gasteiger charge is 2.24. The molecule has 0 aliphatic heterocycles. The third kappa shape index (κ3) is 4.62. The molecular formula is C25H26N2O3. The Morgan fingerprint density at radius 3 is 2.77 bits per heavy atom. The molecule has 30 heavy (non-hydrogen) atoms. The number of rotatable bonds is 8. The smallest absolute Gasteiger partial charge is 0.303 e. The number of para-hydroxylation sites is 1. The van der Waals surface area contributed by atoms with E-state index in [9.17, 15) is 4.79 Å². The van der Waals surface area contributed by atoms with Crippen LogP contribution in [0.5, 0.6) is 5.75 Å². The number of carboxylic acids is 1. The van der Waals surface area contributed by atoms with Crippen molar-refractivity contribution < 1.29 is 14.6 Å². The largest absolute Gasteiger partial charge is 0.493 e. The second kappa shape index (κ2) is 8.99. The van der Waals surface area contributed by atoms with Crippen molar-refractivity contribution in [1.82, 2.24) is 4.98 Å². The molecular weight excluding hydrogens is 376 g/mol. The lowest BCUT2D eigenvalue weighted by molar-refractivity contribution is -0.137. The minimum atomic E-state index is -0.735. The molecule has 0 amide bonds. The van der Waals surface area contributed by atoms with Gasteiger partial charge in [0.15, 0.2) is 0 Å². The maximum Gasteiger partial charge on any atom is 0.303 e. The Bertz CT molecular complexity index is 1020. The molecule has 0 saturated heterocycles. The molecule has 1 heterocycles. The van der Waals surface area contributed by atoms with Gasteiger partial charge in [0.05, 0.1) is 13.0 Å². The summed E-state index contributed by atoms with van der Waals surface area (Å²) in [5.74, 6) is 1.13. The van der Waals surface area contributed by atoms with Gasteiger partial charge in [-0.05, 0) is 66.3 Å². The van der Waals surface area contributed by atoms with Crippen molar-refractivity contribution in [3.63, 3.8) is 0 Å². The molecule has 5 nitrogen and oxygen atoms in total. The van der Waals surface area contributed by atoms with Gasteiger partial charge in [0.1, 0.15) is 11.6 Å². The number of carboxylic acid groups (broad SMARTS) is 1. The van der Waals surface area contributed by atoms with Crippen LogP contribution >= 0.6 is 0 Å². The topological polar surface area (TPSA) is 62.7 Å². The van der Waals surface area contributed by atoms with E-state index in [0.717, 1.165) is 47.8 Å². The van der Waals surface area contributed by atoms with Crippen LogP contribution in [0, 0.1) is 0 Å². The molecule has 3 aromatic rings. The first kappa shape index (κ1) is 20.0. The first-order valence-corrected chi connectivity index (χ1v) is 10.3. The van der Waals surface area contributed by atoms with Gasteiger partial charge in [-0.1, -0.05) is 30.3 Å². The van der Waals surface area contributed by atoms with Crippen LogP contribution in [-0.4, -0.2) is 29.7 Å². The SMILES string of the molecule is CN(c1ccccc1)c1cccc(CCOc2ccc3c(c2)CC[C@H]3CC(=O)O)n1. The zero-order valence-electron chi connectivity index (χ0n) is 17.1. The molecule has 1 aliphatic rings. The fourth-order valence-electron chi connectivity index (χ4n) is 4.04. The maximum absolute atomic E-state index is 11.0. The minimum absolute atomic E-state index is 0.125. The fourth-order valence-corrected chi connectivity index (χ4v) is 4.04. The Balaban J connectivity index is 1.36. The first-order valence-electron chi connectivity index (χ1n) is 10.3. The van der Waals surface area contributed by atoms with Crippen molar-refractivity contribution in [2.45, 2.75) is 31.6 Å². The van der Waals surface area contributed by atoms with Gasteiger partial charge < -0.3 is 14.7 Å². The predicted octanol–water partition coefficient (Wildman–Crippen LogP) is 4.98. The maximum atomic E-state index is 11.0. The molecule has 0 spiro atoms. The number of nitrogens with zero attached hydrogens (tertiary/aromatic N) is 2. The van der Waals surface area contributed by atoms with Gasteiger partial charge >= 0.3 is 5.97 Å². The van der Waals surface area contributed by atoms with Crippen LogP contribution in [0.3, 0.4) is 0 Å². The molecule has 2 aromatic carbocycles. The molecule has 4 rings (SSSR count). The molecule has 0 unspecified atom stereocenters. The summed E-state index contributed by atoms with van der Waals surface area (Å²) >= 11 is 0. The van der Waals surface area contributed by atoms with E-state index in [4.69, 9.17) is 14.8 Å². The lowest BCUT2D eigenvalue weighted by Crippen LogP contribution is -2.12. The number of pyridine rings is 1. The predicted molar refractivity (Wildman–Crippen MR) is 118 cm³/mol. The highest BCUT2D eigenvalue weighted by atomic mass is 16.5. The van der Waals surface area contributed by atoms with E-state index in [2.05, 4.69) is 23.1 Å². The molecule has 0 bridgehead atoms. The molecule has 1 aromatic heterocycles. The summed E-state index contributed by atoms with van der Waals surface area (Å²) in [6.07, 6.45) is 2.73. The summed E-state index contributed by atoms with van der Waals surface area (Å²) in [4.78, 5) is 17.9. The number of hydrogen-bond donors (Lipinski definition) is 1. The molecule has 1 aliphatic carbocycles. The summed E-state index contributed by atoms with van der Waals surface area (Å²) in [6, 6.07) is 22.2. The number of ether oxygens (including phenoxy) is 1. The third-order valence-corrected chi connectivity index (χ3v) is 5.64. The van der Waals surface area contributed by atoms with Gasteiger partial charge in [-0.2, -0.15) is 0 Å². The van der Waals surface area contributed by atoms with Gasteiger partial charge in [0.2, 0.25) is 0 Å². The van der Waals surface area contributed by atoms with Crippen molar-refractivity contribution in [3.8, 4) is 5.75 Å². The van der Waals surface area contributed by atoms with Crippen molar-refractivity contribution in [3.05, 3.63) is 83.6 Å². The number of benzene rings is 2. The second-order valence-corrected chi connectivity index (χ2v) is 7.67. The van der Waals surface area contributed by atoms with Crippen molar-refractivity contribution >= 4 is 17.5 Å². The highest BCUT2D eigenvalue weighted by molar-refractivity contribution is 5.68. The summed E-state index contributed by atoms with van der Waals surface area (Å²) < 4.78 is 5.97. The van der Waals surface area contributed by atoms with Crippen LogP contribution in [0.1, 0.15) is 35.6 Å². The summed E-state index contributed by atoms with van der Waals surface area (Å²) in [6.45, 7) is 0.544. The lowest BCUT2D eigenvalue weighted by Gasteiger charge is -2.19. The number of aromatic nitrogens is 1. The number of aryl methyl sites for hydroxylation is 1. The number of hydrogen-bond acceptors (Lipinski definition) is 4. The Hall–Kier alpha value is -3.34. The highest BCUT2D eigenvalue weighted by Crippen LogP contribution is 2.37. The van der Waals surface area contributed by atoms with E-state index < -0.39 is 5.97 Å².